The number of rotatable bonds is 7. The molecule has 0 atom stereocenters. The maximum absolute atomic E-state index is 14.1. The van der Waals surface area contributed by atoms with E-state index in [0.717, 1.165) is 12.8 Å². The molecule has 0 amide bonds. The third-order valence-corrected chi connectivity index (χ3v) is 3.95. The average Bonchev–Trinajstić information content (AvgIpc) is 3.44. The van der Waals surface area contributed by atoms with Crippen LogP contribution in [0.5, 0.6) is 5.75 Å². The molecule has 2 aromatic carbocycles. The first-order valence-corrected chi connectivity index (χ1v) is 8.05. The highest BCUT2D eigenvalue weighted by atomic mass is 19.3. The summed E-state index contributed by atoms with van der Waals surface area (Å²) in [6.45, 7) is -2.97. The molecule has 3 nitrogen and oxygen atoms in total. The maximum Gasteiger partial charge on any atom is 0.387 e. The minimum Gasteiger partial charge on any atom is -0.435 e. The second-order valence-corrected chi connectivity index (χ2v) is 5.99. The van der Waals surface area contributed by atoms with Gasteiger partial charge >= 0.3 is 6.61 Å². The summed E-state index contributed by atoms with van der Waals surface area (Å²) in [5.74, 6) is -1.89. The fourth-order valence-electron chi connectivity index (χ4n) is 2.42. The standard InChI is InChI=1S/C20H15F3O3/c21-17(10-12-4-5-12)14-2-1-3-15(11-14)19(25)18(24)13-6-8-16(9-7-13)26-20(22)23/h1-3,6-12,20H,4-5H2. The Morgan fingerprint density at radius 2 is 1.58 bits per heavy atom. The zero-order valence-electron chi connectivity index (χ0n) is 13.6. The fraction of sp³-hybridized carbons (Fsp3) is 0.200. The Morgan fingerprint density at radius 1 is 0.962 bits per heavy atom. The highest BCUT2D eigenvalue weighted by Crippen LogP contribution is 2.34. The molecule has 3 rings (SSSR count). The summed E-state index contributed by atoms with van der Waals surface area (Å²) in [7, 11) is 0. The molecule has 26 heavy (non-hydrogen) atoms. The second kappa shape index (κ2) is 7.56. The average molecular weight is 360 g/mol. The van der Waals surface area contributed by atoms with Crippen LogP contribution in [0.1, 0.15) is 39.1 Å². The van der Waals surface area contributed by atoms with Gasteiger partial charge in [0.2, 0.25) is 11.6 Å². The molecule has 0 heterocycles. The molecule has 0 radical (unpaired) electrons. The Hall–Kier alpha value is -2.89. The third-order valence-electron chi connectivity index (χ3n) is 3.95. The summed E-state index contributed by atoms with van der Waals surface area (Å²) < 4.78 is 42.6. The number of carbonyl (C=O) groups is 2. The van der Waals surface area contributed by atoms with Crippen molar-refractivity contribution in [3.8, 4) is 5.75 Å². The smallest absolute Gasteiger partial charge is 0.387 e. The number of carbonyl (C=O) groups excluding carboxylic acids is 2. The molecular weight excluding hydrogens is 345 g/mol. The van der Waals surface area contributed by atoms with Crippen LogP contribution in [0.25, 0.3) is 5.83 Å². The van der Waals surface area contributed by atoms with E-state index < -0.39 is 24.0 Å². The molecule has 1 fully saturated rings. The quantitative estimate of drug-likeness (QED) is 0.511. The SMILES string of the molecule is O=C(C(=O)c1cccc(C(F)=CC2CC2)c1)c1ccc(OC(F)F)cc1. The summed E-state index contributed by atoms with van der Waals surface area (Å²) in [5, 5.41) is 0. The minimum atomic E-state index is -2.97. The summed E-state index contributed by atoms with van der Waals surface area (Å²) in [6.07, 6.45) is 3.43. The van der Waals surface area contributed by atoms with Gasteiger partial charge in [0.25, 0.3) is 0 Å². The zero-order valence-corrected chi connectivity index (χ0v) is 13.6. The van der Waals surface area contributed by atoms with Crippen molar-refractivity contribution in [3.63, 3.8) is 0 Å². The largest absolute Gasteiger partial charge is 0.435 e. The molecule has 0 saturated heterocycles. The lowest BCUT2D eigenvalue weighted by atomic mass is 9.99. The molecule has 0 bridgehead atoms. The maximum atomic E-state index is 14.1. The van der Waals surface area contributed by atoms with E-state index in [-0.39, 0.29) is 28.4 Å². The van der Waals surface area contributed by atoms with Gasteiger partial charge in [-0.3, -0.25) is 9.59 Å². The Labute approximate surface area is 148 Å². The normalized spacial score (nSPS) is 14.4. The van der Waals surface area contributed by atoms with E-state index in [2.05, 4.69) is 4.74 Å². The van der Waals surface area contributed by atoms with Gasteiger partial charge in [-0.2, -0.15) is 8.78 Å². The molecule has 1 aliphatic rings. The van der Waals surface area contributed by atoms with Gasteiger partial charge in [0, 0.05) is 16.7 Å². The van der Waals surface area contributed by atoms with Crippen LogP contribution in [0.4, 0.5) is 13.2 Å². The van der Waals surface area contributed by atoms with Crippen LogP contribution in [0.3, 0.4) is 0 Å². The lowest BCUT2D eigenvalue weighted by Crippen LogP contribution is -2.14. The zero-order chi connectivity index (χ0) is 18.7. The first-order chi connectivity index (χ1) is 12.4. The number of hydrogen-bond donors (Lipinski definition) is 0. The van der Waals surface area contributed by atoms with Crippen LogP contribution in [-0.2, 0) is 0 Å². The van der Waals surface area contributed by atoms with E-state index in [0.29, 0.717) is 0 Å². The van der Waals surface area contributed by atoms with E-state index in [1.807, 2.05) is 0 Å². The number of benzene rings is 2. The monoisotopic (exact) mass is 360 g/mol. The van der Waals surface area contributed by atoms with E-state index in [1.165, 1.54) is 54.6 Å². The lowest BCUT2D eigenvalue weighted by molar-refractivity contribution is -0.0498. The van der Waals surface area contributed by atoms with Gasteiger partial charge in [-0.05, 0) is 55.2 Å². The van der Waals surface area contributed by atoms with Crippen LogP contribution in [-0.4, -0.2) is 18.2 Å². The van der Waals surface area contributed by atoms with Crippen LogP contribution in [0, 0.1) is 5.92 Å². The van der Waals surface area contributed by atoms with Crippen molar-refractivity contribution < 1.29 is 27.5 Å². The summed E-state index contributed by atoms with van der Waals surface area (Å²) in [6, 6.07) is 10.6. The van der Waals surface area contributed by atoms with E-state index in [1.54, 1.807) is 0 Å². The van der Waals surface area contributed by atoms with Crippen LogP contribution < -0.4 is 4.74 Å². The van der Waals surface area contributed by atoms with Gasteiger partial charge < -0.3 is 4.74 Å². The molecule has 6 heteroatoms. The molecule has 0 aromatic heterocycles. The van der Waals surface area contributed by atoms with Crippen molar-refractivity contribution in [2.24, 2.45) is 5.92 Å². The molecule has 0 N–H and O–H groups in total. The summed E-state index contributed by atoms with van der Waals surface area (Å²) >= 11 is 0. The van der Waals surface area contributed by atoms with Gasteiger partial charge in [0.05, 0.1) is 0 Å². The van der Waals surface area contributed by atoms with E-state index in [9.17, 15) is 22.8 Å². The number of ether oxygens (including phenoxy) is 1. The van der Waals surface area contributed by atoms with Gasteiger partial charge in [-0.15, -0.1) is 0 Å². The van der Waals surface area contributed by atoms with Crippen molar-refractivity contribution in [3.05, 3.63) is 71.3 Å². The Kier molecular flexibility index (Phi) is 5.21. The first kappa shape index (κ1) is 17.9. The third kappa shape index (κ3) is 4.39. The fourth-order valence-corrected chi connectivity index (χ4v) is 2.42. The number of hydrogen-bond acceptors (Lipinski definition) is 3. The minimum absolute atomic E-state index is 0.0380. The van der Waals surface area contributed by atoms with E-state index >= 15 is 0 Å². The number of ketones is 2. The molecular formula is C20H15F3O3. The van der Waals surface area contributed by atoms with Crippen LogP contribution in [0.15, 0.2) is 54.6 Å². The molecule has 0 aliphatic heterocycles. The predicted octanol–water partition coefficient (Wildman–Crippen LogP) is 5.07. The number of halogens is 3. The van der Waals surface area contributed by atoms with Crippen molar-refractivity contribution in [2.75, 3.05) is 0 Å². The lowest BCUT2D eigenvalue weighted by Gasteiger charge is -2.06. The van der Waals surface area contributed by atoms with Crippen molar-refractivity contribution in [2.45, 2.75) is 19.5 Å². The Bertz CT molecular complexity index is 853. The number of alkyl halides is 2. The summed E-state index contributed by atoms with van der Waals surface area (Å²) in [4.78, 5) is 24.7. The van der Waals surface area contributed by atoms with Crippen LogP contribution in [0.2, 0.25) is 0 Å². The Balaban J connectivity index is 1.77. The molecule has 134 valence electrons. The highest BCUT2D eigenvalue weighted by molar-refractivity contribution is 6.49. The van der Waals surface area contributed by atoms with Crippen molar-refractivity contribution >= 4 is 17.4 Å². The molecule has 1 aliphatic carbocycles. The Morgan fingerprint density at radius 3 is 2.19 bits per heavy atom. The van der Waals surface area contributed by atoms with Crippen molar-refractivity contribution in [1.29, 1.82) is 0 Å². The van der Waals surface area contributed by atoms with Crippen molar-refractivity contribution in [1.82, 2.24) is 0 Å². The van der Waals surface area contributed by atoms with Gasteiger partial charge in [-0.25, -0.2) is 4.39 Å². The molecule has 2 aromatic rings. The molecule has 0 unspecified atom stereocenters. The highest BCUT2D eigenvalue weighted by Gasteiger charge is 2.22. The first-order valence-electron chi connectivity index (χ1n) is 8.05. The predicted molar refractivity (Wildman–Crippen MR) is 90.0 cm³/mol. The summed E-state index contributed by atoms with van der Waals surface area (Å²) in [5.41, 5.74) is 0.354. The molecule has 0 spiro atoms. The van der Waals surface area contributed by atoms with Gasteiger partial charge in [0.15, 0.2) is 0 Å². The van der Waals surface area contributed by atoms with Gasteiger partial charge in [0.1, 0.15) is 11.6 Å². The molecule has 1 saturated carbocycles. The topological polar surface area (TPSA) is 43.4 Å². The number of allylic oxidation sites excluding steroid dienone is 1. The number of Topliss-reactive ketones (excluding diaryl/α,β-unsaturated/α-hetero) is 2. The van der Waals surface area contributed by atoms with Crippen LogP contribution >= 0.6 is 0 Å². The second-order valence-electron chi connectivity index (χ2n) is 5.99. The van der Waals surface area contributed by atoms with E-state index in [4.69, 9.17) is 0 Å². The van der Waals surface area contributed by atoms with Gasteiger partial charge in [-0.1, -0.05) is 18.2 Å².